The molecule has 10 heteroatoms. The van der Waals surface area contributed by atoms with Gasteiger partial charge in [-0.15, -0.1) is 0 Å². The molecule has 0 saturated carbocycles. The zero-order valence-electron chi connectivity index (χ0n) is 21.3. The first-order valence-corrected chi connectivity index (χ1v) is 13.0. The maximum Gasteiger partial charge on any atom is 0.322 e. The highest BCUT2D eigenvalue weighted by atomic mass is 16.5. The largest absolute Gasteiger partial charge is 0.497 e. The summed E-state index contributed by atoms with van der Waals surface area (Å²) in [5.74, 6) is 0.776. The molecule has 2 saturated heterocycles. The summed E-state index contributed by atoms with van der Waals surface area (Å²) in [5.41, 5.74) is 1.53. The number of hydrogen-bond acceptors (Lipinski definition) is 7. The summed E-state index contributed by atoms with van der Waals surface area (Å²) in [6.45, 7) is 4.11. The van der Waals surface area contributed by atoms with Crippen LogP contribution in [0.3, 0.4) is 0 Å². The highest BCUT2D eigenvalue weighted by Gasteiger charge is 2.53. The van der Waals surface area contributed by atoms with Crippen molar-refractivity contribution in [3.63, 3.8) is 0 Å². The van der Waals surface area contributed by atoms with E-state index in [2.05, 4.69) is 21.3 Å². The van der Waals surface area contributed by atoms with E-state index >= 15 is 0 Å². The number of carbonyl (C=O) groups excluding carboxylic acids is 3. The Bertz CT molecular complexity index is 1410. The van der Waals surface area contributed by atoms with Gasteiger partial charge in [-0.3, -0.25) is 14.9 Å². The summed E-state index contributed by atoms with van der Waals surface area (Å²) in [6.07, 6.45) is 2.37. The number of piperidine rings is 1. The van der Waals surface area contributed by atoms with Crippen molar-refractivity contribution in [1.82, 2.24) is 26.2 Å². The molecule has 198 valence electrons. The molecular formula is C28H31N5O5. The highest BCUT2D eigenvalue weighted by Crippen LogP contribution is 2.35. The fraction of sp³-hybridized carbons (Fsp3) is 0.393. The predicted octanol–water partition coefficient (Wildman–Crippen LogP) is 2.22. The van der Waals surface area contributed by atoms with Gasteiger partial charge in [-0.25, -0.2) is 4.79 Å². The highest BCUT2D eigenvalue weighted by molar-refractivity contribution is 6.08. The molecular weight excluding hydrogens is 486 g/mol. The number of benzene rings is 2. The molecule has 2 aromatic carbocycles. The molecule has 0 aliphatic carbocycles. The summed E-state index contributed by atoms with van der Waals surface area (Å²) in [5, 5.41) is 12.9. The third-order valence-electron chi connectivity index (χ3n) is 7.79. The molecule has 38 heavy (non-hydrogen) atoms. The van der Waals surface area contributed by atoms with Crippen LogP contribution in [-0.2, 0) is 23.4 Å². The van der Waals surface area contributed by atoms with Gasteiger partial charge in [-0.05, 0) is 79.9 Å². The van der Waals surface area contributed by atoms with E-state index in [-0.39, 0.29) is 18.2 Å². The topological polar surface area (TPSA) is 125 Å². The van der Waals surface area contributed by atoms with Crippen molar-refractivity contribution in [1.29, 1.82) is 0 Å². The number of urea groups is 1. The molecule has 3 aliphatic rings. The van der Waals surface area contributed by atoms with Crippen molar-refractivity contribution >= 4 is 28.8 Å². The number of amides is 4. The number of methoxy groups -OCH3 is 1. The summed E-state index contributed by atoms with van der Waals surface area (Å²) in [7, 11) is 1.55. The molecule has 3 aliphatic heterocycles. The van der Waals surface area contributed by atoms with Crippen LogP contribution in [0.15, 0.2) is 46.9 Å². The fourth-order valence-electron chi connectivity index (χ4n) is 5.66. The number of hydrogen-bond donors (Lipinski definition) is 4. The summed E-state index contributed by atoms with van der Waals surface area (Å²) in [6, 6.07) is 12.4. The van der Waals surface area contributed by atoms with E-state index in [4.69, 9.17) is 9.15 Å². The van der Waals surface area contributed by atoms with Crippen LogP contribution in [0.4, 0.5) is 4.79 Å². The Morgan fingerprint density at radius 3 is 2.71 bits per heavy atom. The number of imide groups is 1. The van der Waals surface area contributed by atoms with Crippen LogP contribution in [-0.4, -0.2) is 56.0 Å². The molecule has 0 bridgehead atoms. The zero-order chi connectivity index (χ0) is 26.3. The Labute approximate surface area is 220 Å². The fourth-order valence-corrected chi connectivity index (χ4v) is 5.66. The molecule has 1 atom stereocenters. The first-order valence-electron chi connectivity index (χ1n) is 13.0. The van der Waals surface area contributed by atoms with Gasteiger partial charge in [0.1, 0.15) is 17.1 Å². The van der Waals surface area contributed by atoms with E-state index in [9.17, 15) is 14.4 Å². The summed E-state index contributed by atoms with van der Waals surface area (Å²) >= 11 is 0. The second kappa shape index (κ2) is 9.77. The average molecular weight is 518 g/mol. The van der Waals surface area contributed by atoms with E-state index in [0.717, 1.165) is 42.7 Å². The minimum atomic E-state index is -1.54. The first kappa shape index (κ1) is 24.4. The van der Waals surface area contributed by atoms with Gasteiger partial charge in [-0.2, -0.15) is 0 Å². The molecule has 6 rings (SSSR count). The van der Waals surface area contributed by atoms with E-state index in [1.54, 1.807) is 30.2 Å². The molecule has 4 amide bonds. The number of carbonyl (C=O) groups is 3. The summed E-state index contributed by atoms with van der Waals surface area (Å²) < 4.78 is 11.4. The predicted molar refractivity (Wildman–Crippen MR) is 140 cm³/mol. The van der Waals surface area contributed by atoms with E-state index in [1.165, 1.54) is 12.8 Å². The van der Waals surface area contributed by atoms with Gasteiger partial charge in [0.2, 0.25) is 0 Å². The van der Waals surface area contributed by atoms with Crippen molar-refractivity contribution < 1.29 is 23.5 Å². The van der Waals surface area contributed by atoms with E-state index in [0.29, 0.717) is 29.4 Å². The van der Waals surface area contributed by atoms with E-state index < -0.39 is 17.5 Å². The lowest BCUT2D eigenvalue weighted by molar-refractivity contribution is -0.125. The Hall–Kier alpha value is -3.89. The normalized spacial score (nSPS) is 21.6. The number of fused-ring (bicyclic) bond motifs is 2. The molecule has 1 unspecified atom stereocenters. The Morgan fingerprint density at radius 2 is 1.95 bits per heavy atom. The van der Waals surface area contributed by atoms with Crippen LogP contribution < -0.4 is 26.0 Å². The lowest BCUT2D eigenvalue weighted by Gasteiger charge is -2.29. The monoisotopic (exact) mass is 517 g/mol. The van der Waals surface area contributed by atoms with Crippen LogP contribution in [0, 0.1) is 5.92 Å². The number of furan rings is 1. The quantitative estimate of drug-likeness (QED) is 0.338. The lowest BCUT2D eigenvalue weighted by atomic mass is 9.95. The molecule has 0 radical (unpaired) electrons. The van der Waals surface area contributed by atoms with Crippen molar-refractivity contribution in [3.05, 3.63) is 64.9 Å². The molecule has 2 fully saturated rings. The van der Waals surface area contributed by atoms with Crippen LogP contribution in [0.5, 0.6) is 5.75 Å². The number of nitrogens with zero attached hydrogens (tertiary/aromatic N) is 1. The van der Waals surface area contributed by atoms with Crippen LogP contribution >= 0.6 is 0 Å². The van der Waals surface area contributed by atoms with Crippen LogP contribution in [0.1, 0.15) is 40.1 Å². The molecule has 0 spiro atoms. The number of rotatable bonds is 8. The molecule has 4 N–H and O–H groups in total. The second-order valence-electron chi connectivity index (χ2n) is 10.3. The zero-order valence-corrected chi connectivity index (χ0v) is 21.3. The standard InChI is InChI=1S/C28H31N5O5/c1-37-21-4-3-19-15-33(25(34)22(19)12-21)16-28(26(35)31-27(36)32-28)24-11-20-10-18(2-5-23(20)38-24)14-30-13-17-6-8-29-9-7-17/h2-5,10-12,17,29-30H,6-9,13-16H2,1H3,(H2,31,32,35,36). The van der Waals surface area contributed by atoms with Gasteiger partial charge in [0.25, 0.3) is 11.8 Å². The van der Waals surface area contributed by atoms with Gasteiger partial charge in [0.15, 0.2) is 5.54 Å². The van der Waals surface area contributed by atoms with E-state index in [1.807, 2.05) is 24.3 Å². The SMILES string of the molecule is COc1ccc2c(c1)C(=O)N(CC1(c3cc4cc(CNCC5CCNCC5)ccc4o3)NC(=O)NC1=O)C2. The third-order valence-corrected chi connectivity index (χ3v) is 7.79. The molecule has 10 nitrogen and oxygen atoms in total. The number of nitrogens with one attached hydrogen (secondary N) is 4. The molecule has 1 aromatic heterocycles. The third kappa shape index (κ3) is 4.39. The average Bonchev–Trinajstić information content (AvgIpc) is 3.58. The Morgan fingerprint density at radius 1 is 1.11 bits per heavy atom. The summed E-state index contributed by atoms with van der Waals surface area (Å²) in [4.78, 5) is 40.3. The van der Waals surface area contributed by atoms with Gasteiger partial charge >= 0.3 is 6.03 Å². The number of ether oxygens (including phenoxy) is 1. The lowest BCUT2D eigenvalue weighted by Crippen LogP contribution is -2.52. The van der Waals surface area contributed by atoms with Crippen molar-refractivity contribution in [2.45, 2.75) is 31.5 Å². The molecule has 4 heterocycles. The Kier molecular flexibility index (Phi) is 6.29. The minimum absolute atomic E-state index is 0.0646. The van der Waals surface area contributed by atoms with Crippen LogP contribution in [0.2, 0.25) is 0 Å². The Balaban J connectivity index is 1.24. The van der Waals surface area contributed by atoms with Crippen molar-refractivity contribution in [3.8, 4) is 5.75 Å². The van der Waals surface area contributed by atoms with Gasteiger partial charge in [0, 0.05) is 24.0 Å². The maximum atomic E-state index is 13.2. The minimum Gasteiger partial charge on any atom is -0.497 e. The van der Waals surface area contributed by atoms with Crippen molar-refractivity contribution in [2.75, 3.05) is 33.3 Å². The second-order valence-corrected chi connectivity index (χ2v) is 10.3. The molecule has 3 aromatic rings. The smallest absolute Gasteiger partial charge is 0.322 e. The maximum absolute atomic E-state index is 13.2. The van der Waals surface area contributed by atoms with Crippen molar-refractivity contribution in [2.24, 2.45) is 5.92 Å². The first-order chi connectivity index (χ1) is 18.4. The van der Waals surface area contributed by atoms with Gasteiger partial charge in [0.05, 0.1) is 13.7 Å². The van der Waals surface area contributed by atoms with Crippen LogP contribution in [0.25, 0.3) is 11.0 Å². The van der Waals surface area contributed by atoms with Gasteiger partial charge in [-0.1, -0.05) is 12.1 Å². The van der Waals surface area contributed by atoms with Gasteiger partial charge < -0.3 is 30.0 Å².